The number of ether oxygens (including phenoxy) is 2. The zero-order valence-corrected chi connectivity index (χ0v) is 50.5. The summed E-state index contributed by atoms with van der Waals surface area (Å²) >= 11 is 10.7. The molecular formula is C52H88N16O8S2. The molecule has 10 rings (SSSR count). The van der Waals surface area contributed by atoms with Crippen molar-refractivity contribution in [3.63, 3.8) is 0 Å². The molecule has 436 valence electrons. The normalized spacial score (nSPS) is 31.5. The highest BCUT2D eigenvalue weighted by molar-refractivity contribution is 7.80. The number of amides is 2. The number of hydrogen-bond donors (Lipinski definition) is 4. The molecule has 6 atom stereocenters. The number of carbonyl (C=O) groups excluding carboxylic acids is 6. The molecule has 6 unspecified atom stereocenters. The first kappa shape index (κ1) is 65.4. The Labute approximate surface area is 472 Å². The standard InChI is InChI=1S/C9H15N3O.C9H15N3S.C9H15NO3.C8H13N3O.C8H13N3S.C8H13NO3.CH4N2/c2*1-9-6-11(2)5-4-7(9)10-12(3)8(9)13;1-9(8(12)13-3)6-10(2)5-4-7(9)11;2*1-8-5-9-4-3-6(8)10-11(2)7(8)12;1-9-4-3-7(10)6(5-9)8(11)12-2;2-1-3/h3*4-6H2,1-3H3;2*9H,3-5H2,1-2H3;6H,3-5H2,1-2H3;1H,(H3,2,3). The van der Waals surface area contributed by atoms with Crippen molar-refractivity contribution in [3.05, 3.63) is 0 Å². The number of fused-ring (bicyclic) bond motifs is 4. The summed E-state index contributed by atoms with van der Waals surface area (Å²) in [6.07, 6.45) is 5.53. The zero-order chi connectivity index (χ0) is 58.7. The van der Waals surface area contributed by atoms with Gasteiger partial charge in [0, 0.05) is 145 Å². The van der Waals surface area contributed by atoms with Gasteiger partial charge in [-0.2, -0.15) is 20.4 Å². The summed E-state index contributed by atoms with van der Waals surface area (Å²) in [7, 11) is 17.9. The van der Waals surface area contributed by atoms with E-state index in [9.17, 15) is 28.8 Å². The van der Waals surface area contributed by atoms with E-state index in [1.54, 1.807) is 21.0 Å². The largest absolute Gasteiger partial charge is 0.468 e. The lowest BCUT2D eigenvalue weighted by molar-refractivity contribution is -0.160. The number of thiocarbonyl (C=S) groups is 2. The Kier molecular flexibility index (Phi) is 23.0. The van der Waals surface area contributed by atoms with Crippen LogP contribution < -0.4 is 16.4 Å². The van der Waals surface area contributed by atoms with E-state index in [1.807, 2.05) is 68.9 Å². The molecule has 0 spiro atoms. The first-order chi connectivity index (χ1) is 36.4. The maximum Gasteiger partial charge on any atom is 0.320 e. The number of methoxy groups -OCH3 is 2. The fourth-order valence-corrected chi connectivity index (χ4v) is 11.6. The molecule has 2 amide bonds. The second kappa shape index (κ2) is 27.4. The summed E-state index contributed by atoms with van der Waals surface area (Å²) < 4.78 is 9.15. The summed E-state index contributed by atoms with van der Waals surface area (Å²) in [4.78, 5) is 79.0. The van der Waals surface area contributed by atoms with E-state index in [4.69, 9.17) is 29.8 Å². The molecule has 26 heteroatoms. The number of nitrogens with zero attached hydrogens (tertiary/aromatic N) is 12. The highest BCUT2D eigenvalue weighted by Gasteiger charge is 2.50. The zero-order valence-electron chi connectivity index (χ0n) is 48.9. The van der Waals surface area contributed by atoms with Crippen LogP contribution in [0.25, 0.3) is 0 Å². The van der Waals surface area contributed by atoms with Crippen LogP contribution in [0.4, 0.5) is 0 Å². The van der Waals surface area contributed by atoms with E-state index >= 15 is 0 Å². The maximum absolute atomic E-state index is 11.8. The van der Waals surface area contributed by atoms with Gasteiger partial charge < -0.3 is 45.4 Å². The lowest BCUT2D eigenvalue weighted by atomic mass is 9.80. The van der Waals surface area contributed by atoms with E-state index in [0.29, 0.717) is 25.9 Å². The lowest BCUT2D eigenvalue weighted by Crippen LogP contribution is -2.51. The summed E-state index contributed by atoms with van der Waals surface area (Å²) in [5, 5.41) is 36.5. The third-order valence-electron chi connectivity index (χ3n) is 16.0. The van der Waals surface area contributed by atoms with Crippen LogP contribution in [-0.4, -0.2) is 263 Å². The van der Waals surface area contributed by atoms with Crippen LogP contribution in [0.15, 0.2) is 20.4 Å². The van der Waals surface area contributed by atoms with Gasteiger partial charge in [0.25, 0.3) is 11.8 Å². The number of carbonyl (C=O) groups is 6. The average Bonchev–Trinajstić information content (AvgIpc) is 3.97. The number of likely N-dealkylation sites (tertiary alicyclic amines) is 4. The Hall–Kier alpha value is -5.09. The SMILES string of the molecule is CN1CCC2=NN(C)C(=O)C2(C)C1.CN1CCC2=NN(C)C(=S)C2(C)C1.CN1N=C2CCNCC2(C)C1=O.CN1N=C2CCNCC2(C)C1=S.COC(=O)C1(C)CN(C)CCC1=O.COC(=O)C1CN(C)CCC1=O.N=CN. The molecule has 0 aromatic rings. The number of rotatable bonds is 2. The predicted molar refractivity (Wildman–Crippen MR) is 310 cm³/mol. The minimum absolute atomic E-state index is 0.0000463. The number of hydrogen-bond acceptors (Lipinski definition) is 21. The summed E-state index contributed by atoms with van der Waals surface area (Å²) in [6, 6.07) is 0. The molecular weight excluding hydrogens is 1040 g/mol. The number of hydrazone groups is 4. The Balaban J connectivity index is 0.000000200. The second-order valence-corrected chi connectivity index (χ2v) is 23.4. The highest BCUT2D eigenvalue weighted by Crippen LogP contribution is 2.36. The van der Waals surface area contributed by atoms with Gasteiger partial charge in [-0.3, -0.25) is 44.2 Å². The van der Waals surface area contributed by atoms with Crippen LogP contribution in [0, 0.1) is 38.4 Å². The Morgan fingerprint density at radius 1 is 0.577 bits per heavy atom. The molecule has 78 heavy (non-hydrogen) atoms. The first-order valence-electron chi connectivity index (χ1n) is 26.5. The van der Waals surface area contributed by atoms with Gasteiger partial charge >= 0.3 is 11.9 Å². The van der Waals surface area contributed by atoms with Gasteiger partial charge in [0.2, 0.25) is 0 Å². The van der Waals surface area contributed by atoms with Gasteiger partial charge in [0.1, 0.15) is 37.9 Å². The first-order valence-corrected chi connectivity index (χ1v) is 27.3. The van der Waals surface area contributed by atoms with Crippen molar-refractivity contribution in [3.8, 4) is 0 Å². The van der Waals surface area contributed by atoms with Crippen molar-refractivity contribution < 1.29 is 38.2 Å². The number of Topliss-reactive ketones (excluding diaryl/α,β-unsaturated/α-hetero) is 2. The smallest absolute Gasteiger partial charge is 0.320 e. The molecule has 0 aliphatic carbocycles. The number of esters is 2. The van der Waals surface area contributed by atoms with Crippen LogP contribution in [-0.2, 0) is 38.2 Å². The molecule has 5 N–H and O–H groups in total. The maximum atomic E-state index is 11.8. The third-order valence-corrected chi connectivity index (χ3v) is 17.5. The van der Waals surface area contributed by atoms with Gasteiger partial charge in [-0.1, -0.05) is 24.4 Å². The average molecular weight is 1130 g/mol. The quantitative estimate of drug-likeness (QED) is 0.0981. The van der Waals surface area contributed by atoms with Crippen LogP contribution in [0.2, 0.25) is 0 Å². The molecule has 0 bridgehead atoms. The molecule has 24 nitrogen and oxygen atoms in total. The molecule has 0 saturated carbocycles. The van der Waals surface area contributed by atoms with Crippen molar-refractivity contribution in [2.75, 3.05) is 149 Å². The van der Waals surface area contributed by atoms with E-state index in [-0.39, 0.29) is 45.0 Å². The van der Waals surface area contributed by atoms with Crippen molar-refractivity contribution in [2.45, 2.75) is 73.1 Å². The van der Waals surface area contributed by atoms with Crippen molar-refractivity contribution in [1.29, 1.82) is 5.41 Å². The fourth-order valence-electron chi connectivity index (χ4n) is 11.2. The van der Waals surface area contributed by atoms with Crippen molar-refractivity contribution in [1.82, 2.24) is 50.3 Å². The van der Waals surface area contributed by atoms with Gasteiger partial charge in [-0.15, -0.1) is 0 Å². The lowest BCUT2D eigenvalue weighted by Gasteiger charge is -2.36. The third kappa shape index (κ3) is 14.6. The number of piperidine rings is 6. The predicted octanol–water partition coefficient (Wildman–Crippen LogP) is 0.845. The second-order valence-electron chi connectivity index (χ2n) is 22.6. The van der Waals surface area contributed by atoms with Crippen LogP contribution >= 0.6 is 24.4 Å². The minimum Gasteiger partial charge on any atom is -0.468 e. The highest BCUT2D eigenvalue weighted by atomic mass is 32.1. The number of nitrogens with one attached hydrogen (secondary N) is 3. The van der Waals surface area contributed by atoms with Crippen molar-refractivity contribution in [2.24, 2.45) is 59.1 Å². The molecule has 10 heterocycles. The Bertz CT molecular complexity index is 2290. The molecule has 0 radical (unpaired) electrons. The molecule has 10 aliphatic rings. The summed E-state index contributed by atoms with van der Waals surface area (Å²) in [6.45, 7) is 20.0. The summed E-state index contributed by atoms with van der Waals surface area (Å²) in [5.74, 6) is -1.17. The molecule has 6 fully saturated rings. The monoisotopic (exact) mass is 1130 g/mol. The molecule has 10 aliphatic heterocycles. The van der Waals surface area contributed by atoms with E-state index in [1.165, 1.54) is 35.7 Å². The molecule has 0 aromatic carbocycles. The van der Waals surface area contributed by atoms with E-state index in [2.05, 4.69) is 76.9 Å². The van der Waals surface area contributed by atoms with E-state index in [0.717, 1.165) is 119 Å². The number of ketones is 2. The van der Waals surface area contributed by atoms with Crippen LogP contribution in [0.3, 0.4) is 0 Å². The van der Waals surface area contributed by atoms with Crippen LogP contribution in [0.1, 0.15) is 73.1 Å². The minimum atomic E-state index is -0.957. The molecule has 0 aromatic heterocycles. The fraction of sp³-hybridized carbons (Fsp3) is 0.750. The van der Waals surface area contributed by atoms with Gasteiger partial charge in [-0.25, -0.2) is 10.0 Å². The van der Waals surface area contributed by atoms with E-state index < -0.39 is 23.3 Å². The topological polar surface area (TPSA) is 270 Å². The Morgan fingerprint density at radius 2 is 0.974 bits per heavy atom. The number of nitrogens with two attached hydrogens (primary N) is 1. The van der Waals surface area contributed by atoms with Gasteiger partial charge in [0.05, 0.1) is 54.2 Å². The van der Waals surface area contributed by atoms with Crippen LogP contribution in [0.5, 0.6) is 0 Å². The summed E-state index contributed by atoms with van der Waals surface area (Å²) in [5.41, 5.74) is 7.37. The van der Waals surface area contributed by atoms with Gasteiger partial charge in [-0.05, 0) is 62.8 Å². The molecule has 6 saturated heterocycles. The Morgan fingerprint density at radius 3 is 1.46 bits per heavy atom. The van der Waals surface area contributed by atoms with Crippen molar-refractivity contribution >= 4 is 98.9 Å². The van der Waals surface area contributed by atoms with Gasteiger partial charge in [0.15, 0.2) is 5.78 Å².